The average Bonchev–Trinajstić information content (AvgIpc) is 2.85. The molecule has 1 aromatic carbocycles. The molecule has 118 valence electrons. The summed E-state index contributed by atoms with van der Waals surface area (Å²) in [5.41, 5.74) is 1.69. The molecular formula is C17H22N2O3. The first-order chi connectivity index (χ1) is 10.7. The predicted octanol–water partition coefficient (Wildman–Crippen LogP) is 3.78. The third kappa shape index (κ3) is 3.42. The highest BCUT2D eigenvalue weighted by Gasteiger charge is 2.14. The number of likely N-dealkylation sites (tertiary alicyclic amines) is 1. The van der Waals surface area contributed by atoms with E-state index in [9.17, 15) is 4.79 Å². The Kier molecular flexibility index (Phi) is 4.63. The highest BCUT2D eigenvalue weighted by molar-refractivity contribution is 5.91. The Morgan fingerprint density at radius 2 is 2.05 bits per heavy atom. The van der Waals surface area contributed by atoms with Crippen LogP contribution in [0.5, 0.6) is 0 Å². The summed E-state index contributed by atoms with van der Waals surface area (Å²) >= 11 is 0. The molecular weight excluding hydrogens is 280 g/mol. The minimum absolute atomic E-state index is 0.408. The number of piperidine rings is 1. The second-order valence-corrected chi connectivity index (χ2v) is 5.72. The zero-order valence-corrected chi connectivity index (χ0v) is 12.9. The summed E-state index contributed by atoms with van der Waals surface area (Å²) in [6.45, 7) is 5.34. The van der Waals surface area contributed by atoms with Crippen LogP contribution in [0.15, 0.2) is 28.7 Å². The van der Waals surface area contributed by atoms with E-state index in [1.54, 1.807) is 0 Å². The molecule has 22 heavy (non-hydrogen) atoms. The molecule has 5 heteroatoms. The molecule has 0 unspecified atom stereocenters. The molecule has 0 radical (unpaired) electrons. The van der Waals surface area contributed by atoms with Gasteiger partial charge in [0.15, 0.2) is 0 Å². The maximum Gasteiger partial charge on any atom is 0.414 e. The predicted molar refractivity (Wildman–Crippen MR) is 86.2 cm³/mol. The van der Waals surface area contributed by atoms with Crippen LogP contribution in [0, 0.1) is 6.92 Å². The molecule has 1 aliphatic heterocycles. The summed E-state index contributed by atoms with van der Waals surface area (Å²) in [6.07, 6.45) is 3.33. The number of benzene rings is 1. The summed E-state index contributed by atoms with van der Waals surface area (Å²) in [4.78, 5) is 14.2. The number of nitrogens with one attached hydrogen (secondary N) is 1. The van der Waals surface area contributed by atoms with Gasteiger partial charge in [-0.3, -0.25) is 10.2 Å². The van der Waals surface area contributed by atoms with Crippen molar-refractivity contribution in [1.29, 1.82) is 0 Å². The first kappa shape index (κ1) is 14.9. The molecule has 0 bridgehead atoms. The fourth-order valence-electron chi connectivity index (χ4n) is 2.87. The second-order valence-electron chi connectivity index (χ2n) is 5.72. The number of rotatable bonds is 4. The number of hydrogen-bond donors (Lipinski definition) is 1. The lowest BCUT2D eigenvalue weighted by molar-refractivity contribution is 0.131. The van der Waals surface area contributed by atoms with E-state index in [4.69, 9.17) is 9.15 Å². The lowest BCUT2D eigenvalue weighted by Gasteiger charge is -2.25. The number of fused-ring (bicyclic) bond motifs is 1. The van der Waals surface area contributed by atoms with E-state index in [0.29, 0.717) is 12.5 Å². The van der Waals surface area contributed by atoms with Gasteiger partial charge in [0.25, 0.3) is 0 Å². The van der Waals surface area contributed by atoms with Crippen molar-refractivity contribution in [3.8, 4) is 0 Å². The Morgan fingerprint density at radius 1 is 1.27 bits per heavy atom. The van der Waals surface area contributed by atoms with E-state index >= 15 is 0 Å². The maximum atomic E-state index is 11.9. The van der Waals surface area contributed by atoms with Crippen molar-refractivity contribution in [2.75, 3.05) is 31.6 Å². The van der Waals surface area contributed by atoms with E-state index in [1.165, 1.54) is 19.3 Å². The first-order valence-corrected chi connectivity index (χ1v) is 7.88. The van der Waals surface area contributed by atoms with Crippen molar-refractivity contribution in [3.63, 3.8) is 0 Å². The number of nitrogens with zero attached hydrogens (tertiary/aromatic N) is 1. The SMILES string of the molecule is Cc1c(NC(=O)OCCN2CCCCC2)oc2ccccc12. The second kappa shape index (κ2) is 6.83. The van der Waals surface area contributed by atoms with Crippen molar-refractivity contribution in [2.24, 2.45) is 0 Å². The normalized spacial score (nSPS) is 15.9. The number of para-hydroxylation sites is 1. The quantitative estimate of drug-likeness (QED) is 0.934. The van der Waals surface area contributed by atoms with Crippen LogP contribution in [0.1, 0.15) is 24.8 Å². The fourth-order valence-corrected chi connectivity index (χ4v) is 2.87. The average molecular weight is 302 g/mol. The molecule has 0 saturated carbocycles. The van der Waals surface area contributed by atoms with Gasteiger partial charge in [-0.2, -0.15) is 0 Å². The van der Waals surface area contributed by atoms with Crippen molar-refractivity contribution in [3.05, 3.63) is 29.8 Å². The molecule has 1 aliphatic rings. The molecule has 1 amide bonds. The van der Waals surface area contributed by atoms with Crippen LogP contribution in [0.2, 0.25) is 0 Å². The van der Waals surface area contributed by atoms with Crippen LogP contribution in [0.3, 0.4) is 0 Å². The monoisotopic (exact) mass is 302 g/mol. The van der Waals surface area contributed by atoms with Gasteiger partial charge in [0.2, 0.25) is 5.88 Å². The lowest BCUT2D eigenvalue weighted by atomic mass is 10.1. The zero-order valence-electron chi connectivity index (χ0n) is 12.9. The standard InChI is InChI=1S/C17H22N2O3/c1-13-14-7-3-4-8-15(14)22-16(13)18-17(20)21-12-11-19-9-5-2-6-10-19/h3-4,7-8H,2,5-6,9-12H2,1H3,(H,18,20). The Hall–Kier alpha value is -2.01. The Bertz CT molecular complexity index is 644. The molecule has 1 N–H and O–H groups in total. The number of amides is 1. The van der Waals surface area contributed by atoms with Gasteiger partial charge in [-0.25, -0.2) is 4.79 Å². The van der Waals surface area contributed by atoms with Crippen LogP contribution in [0.25, 0.3) is 11.0 Å². The number of hydrogen-bond acceptors (Lipinski definition) is 4. The van der Waals surface area contributed by atoms with Crippen LogP contribution in [-0.4, -0.2) is 37.2 Å². The molecule has 5 nitrogen and oxygen atoms in total. The first-order valence-electron chi connectivity index (χ1n) is 7.88. The van der Waals surface area contributed by atoms with Crippen LogP contribution >= 0.6 is 0 Å². The van der Waals surface area contributed by atoms with Crippen molar-refractivity contribution >= 4 is 22.9 Å². The van der Waals surface area contributed by atoms with Gasteiger partial charge in [0.1, 0.15) is 12.2 Å². The lowest BCUT2D eigenvalue weighted by Crippen LogP contribution is -2.33. The Labute approximate surface area is 130 Å². The number of ether oxygens (including phenoxy) is 1. The van der Waals surface area contributed by atoms with Gasteiger partial charge in [-0.05, 0) is 38.9 Å². The highest BCUT2D eigenvalue weighted by Crippen LogP contribution is 2.28. The van der Waals surface area contributed by atoms with E-state index in [1.807, 2.05) is 31.2 Å². The largest absolute Gasteiger partial charge is 0.448 e. The molecule has 0 spiro atoms. The highest BCUT2D eigenvalue weighted by atomic mass is 16.6. The summed E-state index contributed by atoms with van der Waals surface area (Å²) in [5.74, 6) is 0.462. The van der Waals surface area contributed by atoms with Crippen molar-refractivity contribution in [2.45, 2.75) is 26.2 Å². The molecule has 1 aromatic heterocycles. The number of carbonyl (C=O) groups is 1. The molecule has 2 heterocycles. The van der Waals surface area contributed by atoms with Gasteiger partial charge in [0.05, 0.1) is 0 Å². The summed E-state index contributed by atoms with van der Waals surface area (Å²) in [5, 5.41) is 3.70. The van der Waals surface area contributed by atoms with Gasteiger partial charge in [0, 0.05) is 17.5 Å². The molecule has 2 aromatic rings. The molecule has 3 rings (SSSR count). The maximum absolute atomic E-state index is 11.9. The van der Waals surface area contributed by atoms with E-state index in [2.05, 4.69) is 10.2 Å². The Balaban J connectivity index is 1.51. The summed E-state index contributed by atoms with van der Waals surface area (Å²) in [7, 11) is 0. The molecule has 1 fully saturated rings. The number of aryl methyl sites for hydroxylation is 1. The van der Waals surface area contributed by atoms with E-state index < -0.39 is 6.09 Å². The Morgan fingerprint density at radius 3 is 2.82 bits per heavy atom. The zero-order chi connectivity index (χ0) is 15.4. The fraction of sp³-hybridized carbons (Fsp3) is 0.471. The number of anilines is 1. The van der Waals surface area contributed by atoms with Gasteiger partial charge in [-0.15, -0.1) is 0 Å². The summed E-state index contributed by atoms with van der Waals surface area (Å²) in [6, 6.07) is 7.72. The third-order valence-corrected chi connectivity index (χ3v) is 4.15. The van der Waals surface area contributed by atoms with Crippen LogP contribution in [0.4, 0.5) is 10.7 Å². The van der Waals surface area contributed by atoms with Gasteiger partial charge < -0.3 is 9.15 Å². The van der Waals surface area contributed by atoms with Crippen LogP contribution in [-0.2, 0) is 4.74 Å². The molecule has 0 atom stereocenters. The third-order valence-electron chi connectivity index (χ3n) is 4.15. The minimum Gasteiger partial charge on any atom is -0.448 e. The van der Waals surface area contributed by atoms with Crippen molar-refractivity contribution in [1.82, 2.24) is 4.90 Å². The molecule has 0 aliphatic carbocycles. The number of furan rings is 1. The van der Waals surface area contributed by atoms with Crippen molar-refractivity contribution < 1.29 is 13.9 Å². The van der Waals surface area contributed by atoms with E-state index in [-0.39, 0.29) is 0 Å². The topological polar surface area (TPSA) is 54.7 Å². The van der Waals surface area contributed by atoms with E-state index in [0.717, 1.165) is 36.2 Å². The van der Waals surface area contributed by atoms with Gasteiger partial charge in [-0.1, -0.05) is 24.6 Å². The van der Waals surface area contributed by atoms with Crippen LogP contribution < -0.4 is 5.32 Å². The minimum atomic E-state index is -0.459. The molecule has 1 saturated heterocycles. The summed E-state index contributed by atoms with van der Waals surface area (Å²) < 4.78 is 10.9. The van der Waals surface area contributed by atoms with Gasteiger partial charge >= 0.3 is 6.09 Å². The smallest absolute Gasteiger partial charge is 0.414 e. The number of carbonyl (C=O) groups excluding carboxylic acids is 1.